The van der Waals surface area contributed by atoms with E-state index in [-0.39, 0.29) is 21.9 Å². The van der Waals surface area contributed by atoms with E-state index in [1.807, 2.05) is 33.9 Å². The average molecular weight is 580 g/mol. The standard InChI is InChI=1S/C25H33N3O9SSi/c1-15-12-28(23(31)27-20(15)29)21-19(36-39(5,6)24(2,3)4)25(17(26)14-38(32,33)37-25)18(35-21)13-34-22(30)16-10-8-7-9-11-16/h7-12,14,18-19,21H,13,26H2,1-6H3,(H,27,29,31)/t18-,19+,21-,25?/m1/s1. The van der Waals surface area contributed by atoms with Gasteiger partial charge in [0.25, 0.3) is 15.7 Å². The molecule has 1 aromatic heterocycles. The second-order valence-corrected chi connectivity index (χ2v) is 17.3. The summed E-state index contributed by atoms with van der Waals surface area (Å²) in [6, 6.07) is 8.20. The van der Waals surface area contributed by atoms with Gasteiger partial charge < -0.3 is 19.6 Å². The van der Waals surface area contributed by atoms with Gasteiger partial charge in [-0.1, -0.05) is 39.0 Å². The normalized spacial score (nSPS) is 26.5. The zero-order chi connectivity index (χ0) is 29.0. The van der Waals surface area contributed by atoms with Crippen LogP contribution in [0.4, 0.5) is 0 Å². The Labute approximate surface area is 227 Å². The number of aromatic amines is 1. The van der Waals surface area contributed by atoms with E-state index in [0.717, 1.165) is 9.98 Å². The summed E-state index contributed by atoms with van der Waals surface area (Å²) in [5, 5.41) is 0.423. The van der Waals surface area contributed by atoms with Crippen LogP contribution in [0, 0.1) is 6.92 Å². The highest BCUT2D eigenvalue weighted by Crippen LogP contribution is 2.51. The van der Waals surface area contributed by atoms with Crippen LogP contribution < -0.4 is 17.0 Å². The van der Waals surface area contributed by atoms with E-state index in [9.17, 15) is 22.8 Å². The van der Waals surface area contributed by atoms with Crippen molar-refractivity contribution in [3.8, 4) is 0 Å². The summed E-state index contributed by atoms with van der Waals surface area (Å²) in [4.78, 5) is 40.0. The van der Waals surface area contributed by atoms with Crippen molar-refractivity contribution in [1.29, 1.82) is 0 Å². The molecule has 2 aliphatic heterocycles. The molecule has 1 spiro atoms. The number of hydrogen-bond acceptors (Lipinski definition) is 10. The number of nitrogens with zero attached hydrogens (tertiary/aromatic N) is 1. The van der Waals surface area contributed by atoms with Gasteiger partial charge in [0.2, 0.25) is 0 Å². The molecule has 4 atom stereocenters. The van der Waals surface area contributed by atoms with Crippen molar-refractivity contribution >= 4 is 24.4 Å². The van der Waals surface area contributed by atoms with Crippen LogP contribution in [0.25, 0.3) is 0 Å². The molecule has 0 saturated carbocycles. The number of rotatable bonds is 6. The Morgan fingerprint density at radius 1 is 1.21 bits per heavy atom. The number of carbonyl (C=O) groups excluding carboxylic acids is 1. The van der Waals surface area contributed by atoms with Crippen molar-refractivity contribution in [3.05, 3.63) is 79.6 Å². The van der Waals surface area contributed by atoms with E-state index in [4.69, 9.17) is 23.8 Å². The fraction of sp³-hybridized carbons (Fsp3) is 0.480. The smallest absolute Gasteiger partial charge is 0.338 e. The number of aromatic nitrogens is 2. The predicted molar refractivity (Wildman–Crippen MR) is 144 cm³/mol. The molecule has 2 aliphatic rings. The molecule has 0 bridgehead atoms. The Morgan fingerprint density at radius 3 is 2.41 bits per heavy atom. The summed E-state index contributed by atoms with van der Waals surface area (Å²) in [6.45, 7) is 10.9. The van der Waals surface area contributed by atoms with Gasteiger partial charge in [0.1, 0.15) is 18.8 Å². The number of H-pyrrole nitrogens is 1. The topological polar surface area (TPSA) is 169 Å². The molecule has 1 saturated heterocycles. The molecule has 1 unspecified atom stereocenters. The van der Waals surface area contributed by atoms with Crippen molar-refractivity contribution in [1.82, 2.24) is 9.55 Å². The quantitative estimate of drug-likeness (QED) is 0.293. The lowest BCUT2D eigenvalue weighted by Gasteiger charge is -2.43. The summed E-state index contributed by atoms with van der Waals surface area (Å²) in [5.41, 5.74) is 3.25. The lowest BCUT2D eigenvalue weighted by Crippen LogP contribution is -2.58. The first-order valence-electron chi connectivity index (χ1n) is 12.3. The van der Waals surface area contributed by atoms with Crippen molar-refractivity contribution in [3.63, 3.8) is 0 Å². The maximum atomic E-state index is 13.0. The number of esters is 1. The van der Waals surface area contributed by atoms with E-state index in [1.165, 1.54) is 13.1 Å². The molecule has 14 heteroatoms. The highest BCUT2D eigenvalue weighted by molar-refractivity contribution is 7.90. The first-order chi connectivity index (χ1) is 18.0. The van der Waals surface area contributed by atoms with Gasteiger partial charge in [-0.15, -0.1) is 0 Å². The van der Waals surface area contributed by atoms with Crippen LogP contribution in [0.1, 0.15) is 42.9 Å². The summed E-state index contributed by atoms with van der Waals surface area (Å²) < 4.78 is 50.6. The lowest BCUT2D eigenvalue weighted by atomic mass is 9.89. The Bertz CT molecular complexity index is 1530. The number of nitrogens with one attached hydrogen (secondary N) is 1. The van der Waals surface area contributed by atoms with Crippen molar-refractivity contribution in [2.75, 3.05) is 6.61 Å². The molecular formula is C25H33N3O9SSi. The third-order valence-electron chi connectivity index (χ3n) is 7.46. The third-order valence-corrected chi connectivity index (χ3v) is 13.0. The van der Waals surface area contributed by atoms with Crippen LogP contribution in [0.3, 0.4) is 0 Å². The van der Waals surface area contributed by atoms with E-state index in [1.54, 1.807) is 30.3 Å². The van der Waals surface area contributed by atoms with Crippen molar-refractivity contribution in [2.24, 2.45) is 5.73 Å². The molecule has 0 aliphatic carbocycles. The molecule has 12 nitrogen and oxygen atoms in total. The minimum Gasteiger partial charge on any atom is -0.459 e. The van der Waals surface area contributed by atoms with Gasteiger partial charge in [-0.2, -0.15) is 8.42 Å². The molecule has 0 amide bonds. The van der Waals surface area contributed by atoms with Gasteiger partial charge in [0.05, 0.1) is 16.7 Å². The molecule has 3 heterocycles. The molecule has 3 N–H and O–H groups in total. The number of nitrogens with two attached hydrogens (primary N) is 1. The van der Waals surface area contributed by atoms with Gasteiger partial charge in [-0.05, 0) is 37.2 Å². The second kappa shape index (κ2) is 9.85. The Kier molecular flexibility index (Phi) is 7.32. The first kappa shape index (κ1) is 29.0. The van der Waals surface area contributed by atoms with Gasteiger partial charge in [-0.25, -0.2) is 13.8 Å². The molecular weight excluding hydrogens is 546 g/mol. The van der Waals surface area contributed by atoms with Crippen LogP contribution in [-0.2, 0) is 28.2 Å². The number of carbonyl (C=O) groups is 1. The summed E-state index contributed by atoms with van der Waals surface area (Å²) >= 11 is 0. The van der Waals surface area contributed by atoms with Gasteiger partial charge >= 0.3 is 11.7 Å². The second-order valence-electron chi connectivity index (χ2n) is 11.2. The highest BCUT2D eigenvalue weighted by atomic mass is 32.2. The van der Waals surface area contributed by atoms with Crippen LogP contribution in [0.5, 0.6) is 0 Å². The molecule has 212 valence electrons. The van der Waals surface area contributed by atoms with Gasteiger partial charge in [0, 0.05) is 11.8 Å². The zero-order valence-corrected chi connectivity index (χ0v) is 24.4. The predicted octanol–water partition coefficient (Wildman–Crippen LogP) is 1.89. The first-order valence-corrected chi connectivity index (χ1v) is 16.7. The Morgan fingerprint density at radius 2 is 1.85 bits per heavy atom. The van der Waals surface area contributed by atoms with Crippen LogP contribution in [0.15, 0.2) is 57.2 Å². The van der Waals surface area contributed by atoms with Gasteiger partial charge in [-0.3, -0.25) is 14.3 Å². The molecule has 0 radical (unpaired) electrons. The third kappa shape index (κ3) is 5.26. The van der Waals surface area contributed by atoms with E-state index < -0.39 is 66.3 Å². The maximum Gasteiger partial charge on any atom is 0.338 e. The summed E-state index contributed by atoms with van der Waals surface area (Å²) in [6.07, 6.45) is -2.56. The van der Waals surface area contributed by atoms with Crippen LogP contribution in [-0.4, -0.2) is 56.7 Å². The maximum absolute atomic E-state index is 13.0. The molecule has 4 rings (SSSR count). The largest absolute Gasteiger partial charge is 0.459 e. The Balaban J connectivity index is 1.85. The molecule has 39 heavy (non-hydrogen) atoms. The minimum absolute atomic E-state index is 0.209. The number of hydrogen-bond donors (Lipinski definition) is 2. The lowest BCUT2D eigenvalue weighted by molar-refractivity contribution is -0.0646. The van der Waals surface area contributed by atoms with E-state index in [2.05, 4.69) is 4.98 Å². The van der Waals surface area contributed by atoms with E-state index >= 15 is 0 Å². The fourth-order valence-electron chi connectivity index (χ4n) is 4.30. The zero-order valence-electron chi connectivity index (χ0n) is 22.6. The van der Waals surface area contributed by atoms with Crippen molar-refractivity contribution in [2.45, 2.75) is 69.9 Å². The Hall–Kier alpha value is -3.04. The van der Waals surface area contributed by atoms with Crippen LogP contribution in [0.2, 0.25) is 18.1 Å². The summed E-state index contributed by atoms with van der Waals surface area (Å²) in [7, 11) is -7.00. The minimum atomic E-state index is -4.28. The average Bonchev–Trinajstić information content (AvgIpc) is 3.26. The van der Waals surface area contributed by atoms with Crippen LogP contribution >= 0.6 is 0 Å². The SMILES string of the molecule is Cc1cn([C@@H]2O[C@H](COC(=O)c3ccccc3)C3(OS(=O)(=O)C=C3N)[C@H]2O[Si](C)(C)C(C)(C)C)c(=O)[nH]c1=O. The molecule has 1 fully saturated rings. The number of aryl methyl sites for hydroxylation is 1. The molecule has 1 aromatic carbocycles. The number of ether oxygens (including phenoxy) is 2. The fourth-order valence-corrected chi connectivity index (χ4v) is 6.80. The number of benzene rings is 1. The molecule has 2 aromatic rings. The van der Waals surface area contributed by atoms with Gasteiger partial charge in [0.15, 0.2) is 20.1 Å². The monoisotopic (exact) mass is 579 g/mol. The summed E-state index contributed by atoms with van der Waals surface area (Å²) in [5.74, 6) is -0.680. The van der Waals surface area contributed by atoms with Crippen molar-refractivity contribution < 1.29 is 31.3 Å². The highest BCUT2D eigenvalue weighted by Gasteiger charge is 2.67. The van der Waals surface area contributed by atoms with E-state index in [0.29, 0.717) is 0 Å².